The Kier molecular flexibility index (Phi) is 5.21. The summed E-state index contributed by atoms with van der Waals surface area (Å²) in [6, 6.07) is 5.78. The first-order chi connectivity index (χ1) is 10.1. The average Bonchev–Trinajstić information content (AvgIpc) is 2.92. The van der Waals surface area contributed by atoms with E-state index in [1.54, 1.807) is 12.5 Å². The minimum atomic E-state index is 0. The smallest absolute Gasteiger partial charge is 0.227 e. The minimum Gasteiger partial charge on any atom is -0.445 e. The van der Waals surface area contributed by atoms with Gasteiger partial charge in [0.05, 0.1) is 6.20 Å². The van der Waals surface area contributed by atoms with Crippen molar-refractivity contribution in [2.75, 3.05) is 18.4 Å². The monoisotopic (exact) mass is 321 g/mol. The van der Waals surface area contributed by atoms with Crippen molar-refractivity contribution in [3.05, 3.63) is 36.2 Å². The fourth-order valence-corrected chi connectivity index (χ4v) is 2.42. The molecule has 0 saturated carbocycles. The van der Waals surface area contributed by atoms with Crippen molar-refractivity contribution in [3.63, 3.8) is 0 Å². The summed E-state index contributed by atoms with van der Waals surface area (Å²) in [5.74, 6) is 1.07. The molecule has 1 atom stereocenters. The molecule has 2 heterocycles. The molecular weight excluding hydrogens is 302 g/mol. The Morgan fingerprint density at radius 2 is 2.23 bits per heavy atom. The Balaban J connectivity index is 0.00000176. The van der Waals surface area contributed by atoms with E-state index in [0.29, 0.717) is 11.8 Å². The van der Waals surface area contributed by atoms with Crippen molar-refractivity contribution in [1.82, 2.24) is 10.3 Å². The van der Waals surface area contributed by atoms with Crippen molar-refractivity contribution >= 4 is 24.0 Å². The minimum absolute atomic E-state index is 0. The third-order valence-electron chi connectivity index (χ3n) is 4.10. The van der Waals surface area contributed by atoms with Crippen LogP contribution in [0.4, 0.5) is 5.69 Å². The number of aryl methyl sites for hydroxylation is 1. The van der Waals surface area contributed by atoms with E-state index in [0.717, 1.165) is 29.9 Å². The third kappa shape index (κ3) is 3.31. The maximum absolute atomic E-state index is 12.3. The Hall–Kier alpha value is -1.85. The number of anilines is 1. The van der Waals surface area contributed by atoms with E-state index in [1.807, 2.05) is 32.0 Å². The molecular formula is C16H20ClN3O2. The van der Waals surface area contributed by atoms with E-state index in [9.17, 15) is 4.79 Å². The molecule has 22 heavy (non-hydrogen) atoms. The number of hydrogen-bond donors (Lipinski definition) is 2. The highest BCUT2D eigenvalue weighted by Gasteiger charge is 2.28. The van der Waals surface area contributed by atoms with Crippen LogP contribution in [0.1, 0.15) is 12.5 Å². The number of aromatic nitrogens is 1. The summed E-state index contributed by atoms with van der Waals surface area (Å²) in [5, 5.41) is 6.18. The second kappa shape index (κ2) is 6.94. The van der Waals surface area contributed by atoms with Crippen LogP contribution < -0.4 is 10.6 Å². The van der Waals surface area contributed by atoms with E-state index in [1.165, 1.54) is 0 Å². The molecule has 1 fully saturated rings. The van der Waals surface area contributed by atoms with Gasteiger partial charge in [-0.3, -0.25) is 4.79 Å². The lowest BCUT2D eigenvalue weighted by Crippen LogP contribution is -2.48. The first kappa shape index (κ1) is 16.5. The van der Waals surface area contributed by atoms with Gasteiger partial charge in [-0.1, -0.05) is 13.0 Å². The summed E-state index contributed by atoms with van der Waals surface area (Å²) in [6.07, 6.45) is 3.16. The van der Waals surface area contributed by atoms with E-state index in [-0.39, 0.29) is 24.2 Å². The summed E-state index contributed by atoms with van der Waals surface area (Å²) in [6.45, 7) is 5.81. The van der Waals surface area contributed by atoms with E-state index >= 15 is 0 Å². The molecule has 3 rings (SSSR count). The second-order valence-corrected chi connectivity index (χ2v) is 5.56. The van der Waals surface area contributed by atoms with Crippen molar-refractivity contribution in [2.45, 2.75) is 13.8 Å². The van der Waals surface area contributed by atoms with Gasteiger partial charge in [-0.15, -0.1) is 12.4 Å². The topological polar surface area (TPSA) is 67.2 Å². The van der Waals surface area contributed by atoms with Crippen LogP contribution in [-0.4, -0.2) is 24.0 Å². The quantitative estimate of drug-likeness (QED) is 0.908. The highest BCUT2D eigenvalue weighted by Crippen LogP contribution is 2.26. The maximum atomic E-state index is 12.3. The van der Waals surface area contributed by atoms with Gasteiger partial charge in [-0.25, -0.2) is 4.98 Å². The van der Waals surface area contributed by atoms with Crippen LogP contribution in [-0.2, 0) is 4.79 Å². The van der Waals surface area contributed by atoms with Gasteiger partial charge in [-0.2, -0.15) is 0 Å². The van der Waals surface area contributed by atoms with Gasteiger partial charge in [0.25, 0.3) is 0 Å². The molecule has 1 unspecified atom stereocenters. The molecule has 0 spiro atoms. The average molecular weight is 322 g/mol. The predicted octanol–water partition coefficient (Wildman–Crippen LogP) is 2.87. The van der Waals surface area contributed by atoms with Crippen LogP contribution in [0.25, 0.3) is 11.5 Å². The van der Waals surface area contributed by atoms with Crippen LogP contribution in [0.15, 0.2) is 35.1 Å². The Bertz CT molecular complexity index is 639. The summed E-state index contributed by atoms with van der Waals surface area (Å²) < 4.78 is 5.34. The Morgan fingerprint density at radius 1 is 1.45 bits per heavy atom. The van der Waals surface area contributed by atoms with Gasteiger partial charge in [0.2, 0.25) is 11.8 Å². The predicted molar refractivity (Wildman–Crippen MR) is 88.1 cm³/mol. The largest absolute Gasteiger partial charge is 0.445 e. The number of benzene rings is 1. The zero-order valence-electron chi connectivity index (χ0n) is 12.6. The number of amides is 1. The van der Waals surface area contributed by atoms with Gasteiger partial charge in [-0.05, 0) is 43.6 Å². The summed E-state index contributed by atoms with van der Waals surface area (Å²) in [5.41, 5.74) is 2.74. The van der Waals surface area contributed by atoms with Gasteiger partial charge in [0.1, 0.15) is 6.26 Å². The Labute approximate surface area is 135 Å². The lowest BCUT2D eigenvalue weighted by Gasteiger charge is -2.31. The molecule has 2 N–H and O–H groups in total. The summed E-state index contributed by atoms with van der Waals surface area (Å²) >= 11 is 0. The lowest BCUT2D eigenvalue weighted by atomic mass is 9.88. The molecule has 1 aromatic carbocycles. The van der Waals surface area contributed by atoms with Gasteiger partial charge in [0.15, 0.2) is 0 Å². The van der Waals surface area contributed by atoms with Crippen LogP contribution in [0.3, 0.4) is 0 Å². The number of carbonyl (C=O) groups is 1. The molecule has 118 valence electrons. The normalized spacial score (nSPS) is 15.5. The van der Waals surface area contributed by atoms with Crippen molar-refractivity contribution in [1.29, 1.82) is 0 Å². The summed E-state index contributed by atoms with van der Waals surface area (Å²) in [7, 11) is 0. The van der Waals surface area contributed by atoms with Crippen LogP contribution in [0.5, 0.6) is 0 Å². The molecule has 2 aromatic rings. The van der Waals surface area contributed by atoms with Crippen molar-refractivity contribution in [2.24, 2.45) is 11.8 Å². The van der Waals surface area contributed by atoms with Crippen LogP contribution >= 0.6 is 12.4 Å². The number of halogens is 1. The fourth-order valence-electron chi connectivity index (χ4n) is 2.42. The second-order valence-electron chi connectivity index (χ2n) is 5.56. The fraction of sp³-hybridized carbons (Fsp3) is 0.375. The number of rotatable bonds is 4. The molecule has 1 aromatic heterocycles. The number of nitrogens with one attached hydrogen (secondary N) is 2. The van der Waals surface area contributed by atoms with Crippen molar-refractivity contribution in [3.8, 4) is 11.5 Å². The van der Waals surface area contributed by atoms with Crippen LogP contribution in [0, 0.1) is 18.8 Å². The van der Waals surface area contributed by atoms with Crippen molar-refractivity contribution < 1.29 is 9.21 Å². The zero-order chi connectivity index (χ0) is 14.8. The molecule has 0 radical (unpaired) electrons. The molecule has 0 bridgehead atoms. The standard InChI is InChI=1S/C16H19N3O2.ClH/c1-10-3-4-13(7-14(10)16-18-5-6-21-16)19-15(20)11(2)12-8-17-9-12;/h3-7,11-12,17H,8-9H2,1-2H3,(H,19,20);1H. The molecule has 1 saturated heterocycles. The number of oxazole rings is 1. The molecule has 1 aliphatic rings. The molecule has 6 heteroatoms. The van der Waals surface area contributed by atoms with E-state index in [4.69, 9.17) is 4.42 Å². The van der Waals surface area contributed by atoms with E-state index in [2.05, 4.69) is 15.6 Å². The third-order valence-corrected chi connectivity index (χ3v) is 4.10. The molecule has 0 aliphatic carbocycles. The number of carbonyl (C=O) groups excluding carboxylic acids is 1. The SMILES string of the molecule is Cc1ccc(NC(=O)C(C)C2CNC2)cc1-c1ncco1.Cl. The van der Waals surface area contributed by atoms with Gasteiger partial charge < -0.3 is 15.1 Å². The van der Waals surface area contributed by atoms with E-state index < -0.39 is 0 Å². The molecule has 5 nitrogen and oxygen atoms in total. The first-order valence-corrected chi connectivity index (χ1v) is 7.17. The number of nitrogens with zero attached hydrogens (tertiary/aromatic N) is 1. The zero-order valence-corrected chi connectivity index (χ0v) is 13.4. The van der Waals surface area contributed by atoms with Gasteiger partial charge >= 0.3 is 0 Å². The molecule has 1 aliphatic heterocycles. The first-order valence-electron chi connectivity index (χ1n) is 7.17. The number of hydrogen-bond acceptors (Lipinski definition) is 4. The summed E-state index contributed by atoms with van der Waals surface area (Å²) in [4.78, 5) is 16.4. The van der Waals surface area contributed by atoms with Gasteiger partial charge in [0, 0.05) is 17.2 Å². The van der Waals surface area contributed by atoms with Crippen LogP contribution in [0.2, 0.25) is 0 Å². The maximum Gasteiger partial charge on any atom is 0.227 e. The Morgan fingerprint density at radius 3 is 2.82 bits per heavy atom. The lowest BCUT2D eigenvalue weighted by molar-refractivity contribution is -0.121. The molecule has 1 amide bonds. The highest BCUT2D eigenvalue weighted by atomic mass is 35.5. The highest BCUT2D eigenvalue weighted by molar-refractivity contribution is 5.93.